The molecule has 3 heterocycles. The first kappa shape index (κ1) is 31.9. The molecule has 0 aliphatic rings. The number of hydrogen-bond donors (Lipinski definition) is 0. The van der Waals surface area contributed by atoms with Crippen LogP contribution in [0.25, 0.3) is 49.5 Å². The smallest absolute Gasteiger partial charge is 0.504 e. The van der Waals surface area contributed by atoms with Crippen molar-refractivity contribution in [2.24, 2.45) is 0 Å². The van der Waals surface area contributed by atoms with Crippen LogP contribution in [0.4, 0.5) is 5.69 Å². The van der Waals surface area contributed by atoms with E-state index in [-0.39, 0.29) is 21.1 Å². The molecule has 47 heavy (non-hydrogen) atoms. The largest absolute Gasteiger partial charge is 2.00 e. The number of nitrogens with zero attached hydrogens (tertiary/aromatic N) is 6. The maximum absolute atomic E-state index is 7.83. The van der Waals surface area contributed by atoms with Gasteiger partial charge in [0.15, 0.2) is 0 Å². The average molecular weight is 796 g/mol. The van der Waals surface area contributed by atoms with Crippen LogP contribution in [-0.4, -0.2) is 24.3 Å². The van der Waals surface area contributed by atoms with E-state index >= 15 is 0 Å². The van der Waals surface area contributed by atoms with Gasteiger partial charge in [-0.2, -0.15) is 11.2 Å². The zero-order chi connectivity index (χ0) is 32.1. The molecule has 4 aromatic carbocycles. The molecule has 0 saturated heterocycles. The SMILES string of the molecule is [C-]#[N+]c1cc(Oc2[c-]c3c(cc2)c2ccccc2n3-c2cc(C(C)C)ccn2)[c-]c(-c2nc(C)nn2-c2c(C)cc(C)cc2C)c1.[Pt+2]. The summed E-state index contributed by atoms with van der Waals surface area (Å²) in [5, 5.41) is 6.90. The molecule has 8 heteroatoms. The molecule has 0 aliphatic heterocycles. The monoisotopic (exact) mass is 795 g/mol. The van der Waals surface area contributed by atoms with Crippen LogP contribution in [0.2, 0.25) is 0 Å². The van der Waals surface area contributed by atoms with Gasteiger partial charge in [0.1, 0.15) is 17.3 Å². The van der Waals surface area contributed by atoms with Gasteiger partial charge < -0.3 is 9.30 Å². The van der Waals surface area contributed by atoms with Crippen LogP contribution in [0.1, 0.15) is 47.8 Å². The maximum atomic E-state index is 7.83. The molecular formula is C39H32N6OPt. The Labute approximate surface area is 289 Å². The number of hydrogen-bond acceptors (Lipinski definition) is 4. The number of benzene rings is 4. The molecule has 234 valence electrons. The number of rotatable bonds is 6. The Hall–Kier alpha value is -5.05. The molecule has 0 radical (unpaired) electrons. The van der Waals surface area contributed by atoms with Gasteiger partial charge in [0, 0.05) is 23.2 Å². The minimum atomic E-state index is 0. The summed E-state index contributed by atoms with van der Waals surface area (Å²) in [7, 11) is 0. The van der Waals surface area contributed by atoms with Crippen LogP contribution < -0.4 is 4.74 Å². The first-order valence-electron chi connectivity index (χ1n) is 15.3. The van der Waals surface area contributed by atoms with Crippen LogP contribution in [0.15, 0.2) is 79.0 Å². The first-order chi connectivity index (χ1) is 22.2. The fraction of sp³-hybridized carbons (Fsp3) is 0.179. The molecule has 0 amide bonds. The number of para-hydroxylation sites is 1. The van der Waals surface area contributed by atoms with E-state index in [1.54, 1.807) is 12.1 Å². The second-order valence-corrected chi connectivity index (χ2v) is 12.0. The molecule has 0 N–H and O–H groups in total. The van der Waals surface area contributed by atoms with E-state index in [9.17, 15) is 0 Å². The van der Waals surface area contributed by atoms with E-state index < -0.39 is 0 Å². The van der Waals surface area contributed by atoms with E-state index in [0.29, 0.717) is 40.3 Å². The topological polar surface area (TPSA) is 62.1 Å². The molecule has 0 bridgehead atoms. The van der Waals surface area contributed by atoms with Gasteiger partial charge >= 0.3 is 21.1 Å². The van der Waals surface area contributed by atoms with E-state index in [1.165, 1.54) is 11.1 Å². The van der Waals surface area contributed by atoms with Crippen LogP contribution in [0.5, 0.6) is 11.5 Å². The van der Waals surface area contributed by atoms with Crippen LogP contribution in [0, 0.1) is 46.4 Å². The summed E-state index contributed by atoms with van der Waals surface area (Å²) in [6.07, 6.45) is 1.86. The third-order valence-corrected chi connectivity index (χ3v) is 8.20. The summed E-state index contributed by atoms with van der Waals surface area (Å²) in [6.45, 7) is 20.3. The second kappa shape index (κ2) is 12.6. The van der Waals surface area contributed by atoms with E-state index in [1.807, 2.05) is 36.0 Å². The second-order valence-electron chi connectivity index (χ2n) is 12.0. The van der Waals surface area contributed by atoms with E-state index in [4.69, 9.17) is 26.4 Å². The van der Waals surface area contributed by atoms with E-state index in [2.05, 4.69) is 98.6 Å². The van der Waals surface area contributed by atoms with Crippen molar-refractivity contribution in [2.75, 3.05) is 0 Å². The minimum absolute atomic E-state index is 0. The van der Waals surface area contributed by atoms with Crippen molar-refractivity contribution in [2.45, 2.75) is 47.5 Å². The standard InChI is InChI=1S/C39H32N6O.Pt/c1-23(2)28-14-15-41-37(20-28)44-35-11-9-8-10-33(35)34-13-12-31(22-36(34)44)46-32-19-29(18-30(21-32)40-7)39-42-27(6)43-45(39)38-25(4)16-24(3)17-26(38)5;/h8-18,20-21,23H,1-6H3;/q-2;+2. The van der Waals surface area contributed by atoms with Crippen LogP contribution in [-0.2, 0) is 21.1 Å². The third-order valence-electron chi connectivity index (χ3n) is 8.20. The average Bonchev–Trinajstić information content (AvgIpc) is 3.57. The van der Waals surface area contributed by atoms with Gasteiger partial charge in [-0.25, -0.2) is 4.98 Å². The Kier molecular flexibility index (Phi) is 8.57. The molecule has 0 aliphatic carbocycles. The Bertz CT molecular complexity index is 2320. The number of aryl methyl sites for hydroxylation is 4. The molecule has 3 aromatic heterocycles. The quantitative estimate of drug-likeness (QED) is 0.157. The molecule has 7 aromatic rings. The Morgan fingerprint density at radius 3 is 2.36 bits per heavy atom. The predicted octanol–water partition coefficient (Wildman–Crippen LogP) is 9.72. The van der Waals surface area contributed by atoms with Gasteiger partial charge in [0.25, 0.3) is 0 Å². The normalized spacial score (nSPS) is 11.2. The molecule has 0 fully saturated rings. The van der Waals surface area contributed by atoms with Crippen molar-refractivity contribution in [1.29, 1.82) is 0 Å². The Morgan fingerprint density at radius 2 is 1.62 bits per heavy atom. The summed E-state index contributed by atoms with van der Waals surface area (Å²) in [6, 6.07) is 31.0. The number of aromatic nitrogens is 5. The van der Waals surface area contributed by atoms with Crippen molar-refractivity contribution >= 4 is 27.5 Å². The molecule has 0 unspecified atom stereocenters. The zero-order valence-corrected chi connectivity index (χ0v) is 29.3. The Morgan fingerprint density at radius 1 is 0.851 bits per heavy atom. The molecule has 0 spiro atoms. The zero-order valence-electron chi connectivity index (χ0n) is 27.0. The van der Waals surface area contributed by atoms with E-state index in [0.717, 1.165) is 44.4 Å². The van der Waals surface area contributed by atoms with Gasteiger partial charge in [-0.05, 0) is 73.9 Å². The van der Waals surface area contributed by atoms with Crippen molar-refractivity contribution in [3.8, 4) is 34.4 Å². The molecule has 7 nitrogen and oxygen atoms in total. The summed E-state index contributed by atoms with van der Waals surface area (Å²) < 4.78 is 10.4. The van der Waals surface area contributed by atoms with Gasteiger partial charge in [-0.1, -0.05) is 67.4 Å². The first-order valence-corrected chi connectivity index (χ1v) is 15.3. The summed E-state index contributed by atoms with van der Waals surface area (Å²) in [5.41, 5.74) is 8.47. The molecule has 0 atom stereocenters. The summed E-state index contributed by atoms with van der Waals surface area (Å²) >= 11 is 0. The molecular weight excluding hydrogens is 764 g/mol. The Balaban J connectivity index is 0.00000386. The van der Waals surface area contributed by atoms with Gasteiger partial charge in [0.2, 0.25) is 0 Å². The number of ether oxygens (including phenoxy) is 1. The molecule has 7 rings (SSSR count). The number of fused-ring (bicyclic) bond motifs is 3. The minimum Gasteiger partial charge on any atom is -0.504 e. The fourth-order valence-corrected chi connectivity index (χ4v) is 6.23. The molecule has 0 saturated carbocycles. The van der Waals surface area contributed by atoms with Crippen LogP contribution >= 0.6 is 0 Å². The summed E-state index contributed by atoms with van der Waals surface area (Å²) in [4.78, 5) is 13.2. The van der Waals surface area contributed by atoms with Crippen molar-refractivity contribution < 1.29 is 25.8 Å². The van der Waals surface area contributed by atoms with Gasteiger partial charge in [0.05, 0.1) is 18.1 Å². The maximum Gasteiger partial charge on any atom is 2.00 e. The van der Waals surface area contributed by atoms with Crippen molar-refractivity contribution in [3.05, 3.63) is 131 Å². The summed E-state index contributed by atoms with van der Waals surface area (Å²) in [5.74, 6) is 3.31. The van der Waals surface area contributed by atoms with Gasteiger partial charge in [-0.3, -0.25) is 14.5 Å². The number of pyridine rings is 1. The van der Waals surface area contributed by atoms with Crippen molar-refractivity contribution in [1.82, 2.24) is 24.3 Å². The third kappa shape index (κ3) is 5.86. The fourth-order valence-electron chi connectivity index (χ4n) is 6.23. The van der Waals surface area contributed by atoms with Crippen LogP contribution in [0.3, 0.4) is 0 Å². The van der Waals surface area contributed by atoms with Crippen molar-refractivity contribution in [3.63, 3.8) is 0 Å². The predicted molar refractivity (Wildman–Crippen MR) is 182 cm³/mol. The van der Waals surface area contributed by atoms with Gasteiger partial charge in [-0.15, -0.1) is 29.1 Å².